The number of ether oxygens (including phenoxy) is 2. The van der Waals surface area contributed by atoms with Crippen LogP contribution in [-0.4, -0.2) is 35.3 Å². The summed E-state index contributed by atoms with van der Waals surface area (Å²) >= 11 is 0. The molecule has 1 heterocycles. The van der Waals surface area contributed by atoms with Gasteiger partial charge in [0, 0.05) is 17.3 Å². The van der Waals surface area contributed by atoms with Crippen LogP contribution >= 0.6 is 0 Å². The first-order valence-corrected chi connectivity index (χ1v) is 12.6. The van der Waals surface area contributed by atoms with E-state index < -0.39 is 22.8 Å². The standard InChI is InChI=1S/C31H24N4O6/c1-40-29-16-26(28(35(38)39)15-21(29)19-41-23-7-3-2-4-8-23)27(33-22-13-11-20(17-32)12-14-22)18-34-30(36)24-9-5-6-10-25(24)31(34)37/h2-16,27,33H,18-19H2,1H3. The molecule has 1 N–H and O–H groups in total. The second-order valence-corrected chi connectivity index (χ2v) is 9.23. The topological polar surface area (TPSA) is 135 Å². The van der Waals surface area contributed by atoms with Crippen molar-refractivity contribution in [2.75, 3.05) is 19.0 Å². The summed E-state index contributed by atoms with van der Waals surface area (Å²) in [6, 6.07) is 26.1. The zero-order valence-corrected chi connectivity index (χ0v) is 21.9. The lowest BCUT2D eigenvalue weighted by molar-refractivity contribution is -0.385. The SMILES string of the molecule is COc1cc(C(CN2C(=O)c3ccccc3C2=O)Nc2ccc(C#N)cc2)c([N+](=O)[O-])cc1COc1ccccc1. The van der Waals surface area contributed by atoms with E-state index in [1.807, 2.05) is 24.3 Å². The minimum Gasteiger partial charge on any atom is -0.496 e. The van der Waals surface area contributed by atoms with Crippen LogP contribution in [0, 0.1) is 21.4 Å². The molecule has 0 saturated heterocycles. The van der Waals surface area contributed by atoms with Crippen LogP contribution in [0.1, 0.15) is 43.4 Å². The number of hydrogen-bond acceptors (Lipinski definition) is 8. The van der Waals surface area contributed by atoms with Crippen LogP contribution in [0.3, 0.4) is 0 Å². The fraction of sp³-hybridized carbons (Fsp3) is 0.129. The fourth-order valence-corrected chi connectivity index (χ4v) is 4.70. The van der Waals surface area contributed by atoms with Gasteiger partial charge in [-0.1, -0.05) is 30.3 Å². The van der Waals surface area contributed by atoms with Gasteiger partial charge < -0.3 is 14.8 Å². The lowest BCUT2D eigenvalue weighted by Gasteiger charge is -2.26. The number of imide groups is 1. The summed E-state index contributed by atoms with van der Waals surface area (Å²) in [5.74, 6) is -0.0396. The average Bonchev–Trinajstić information content (AvgIpc) is 3.24. The molecular weight excluding hydrogens is 524 g/mol. The molecule has 0 spiro atoms. The lowest BCUT2D eigenvalue weighted by atomic mass is 10.00. The first-order chi connectivity index (χ1) is 19.9. The molecule has 0 aliphatic carbocycles. The monoisotopic (exact) mass is 548 g/mol. The third-order valence-corrected chi connectivity index (χ3v) is 6.74. The molecule has 204 valence electrons. The van der Waals surface area contributed by atoms with Crippen molar-refractivity contribution in [1.82, 2.24) is 4.90 Å². The number of hydrogen-bond donors (Lipinski definition) is 1. The molecule has 0 fully saturated rings. The lowest BCUT2D eigenvalue weighted by Crippen LogP contribution is -2.36. The van der Waals surface area contributed by atoms with Gasteiger partial charge in [-0.05, 0) is 54.6 Å². The molecule has 1 aliphatic rings. The first kappa shape index (κ1) is 26.9. The molecule has 0 radical (unpaired) electrons. The maximum absolute atomic E-state index is 13.2. The minimum absolute atomic E-state index is 0.0143. The number of nitro groups is 1. The Bertz CT molecular complexity index is 1630. The van der Waals surface area contributed by atoms with Gasteiger partial charge in [-0.25, -0.2) is 0 Å². The number of carbonyl (C=O) groups excluding carboxylic acids is 2. The Morgan fingerprint density at radius 3 is 2.17 bits per heavy atom. The van der Waals surface area contributed by atoms with E-state index >= 15 is 0 Å². The van der Waals surface area contributed by atoms with E-state index in [4.69, 9.17) is 14.7 Å². The molecule has 1 atom stereocenters. The Hall–Kier alpha value is -5.69. The summed E-state index contributed by atoms with van der Waals surface area (Å²) in [7, 11) is 1.45. The highest BCUT2D eigenvalue weighted by atomic mass is 16.6. The molecule has 0 bridgehead atoms. The first-order valence-electron chi connectivity index (χ1n) is 12.6. The average molecular weight is 549 g/mol. The van der Waals surface area contributed by atoms with Gasteiger partial charge in [0.1, 0.15) is 18.1 Å². The molecule has 4 aromatic rings. The van der Waals surface area contributed by atoms with Gasteiger partial charge >= 0.3 is 0 Å². The number of nitro benzene ring substituents is 1. The van der Waals surface area contributed by atoms with E-state index in [2.05, 4.69) is 5.32 Å². The predicted molar refractivity (Wildman–Crippen MR) is 150 cm³/mol. The third kappa shape index (κ3) is 5.55. The number of nitrogens with one attached hydrogen (secondary N) is 1. The van der Waals surface area contributed by atoms with Crippen molar-refractivity contribution < 1.29 is 24.0 Å². The number of benzene rings is 4. The predicted octanol–water partition coefficient (Wildman–Crippen LogP) is 5.50. The second kappa shape index (κ2) is 11.6. The summed E-state index contributed by atoms with van der Waals surface area (Å²) in [6.45, 7) is -0.184. The third-order valence-electron chi connectivity index (χ3n) is 6.74. The van der Waals surface area contributed by atoms with Gasteiger partial charge in [0.05, 0.1) is 52.9 Å². The second-order valence-electron chi connectivity index (χ2n) is 9.23. The van der Waals surface area contributed by atoms with E-state index in [0.717, 1.165) is 4.90 Å². The zero-order chi connectivity index (χ0) is 28.9. The molecule has 4 aromatic carbocycles. The van der Waals surface area contributed by atoms with Crippen LogP contribution in [0.15, 0.2) is 91.0 Å². The number of fused-ring (bicyclic) bond motifs is 1. The van der Waals surface area contributed by atoms with Crippen molar-refractivity contribution in [2.45, 2.75) is 12.6 Å². The van der Waals surface area contributed by atoms with E-state index in [1.165, 1.54) is 19.2 Å². The number of methoxy groups -OCH3 is 1. The van der Waals surface area contributed by atoms with Crippen LogP contribution in [0.2, 0.25) is 0 Å². The van der Waals surface area contributed by atoms with E-state index in [1.54, 1.807) is 60.7 Å². The zero-order valence-electron chi connectivity index (χ0n) is 21.9. The van der Waals surface area contributed by atoms with E-state index in [-0.39, 0.29) is 35.5 Å². The number of anilines is 1. The molecule has 2 amide bonds. The Morgan fingerprint density at radius 2 is 1.59 bits per heavy atom. The van der Waals surface area contributed by atoms with E-state index in [0.29, 0.717) is 28.3 Å². The molecule has 10 heteroatoms. The summed E-state index contributed by atoms with van der Waals surface area (Å²) < 4.78 is 11.4. The molecule has 1 aliphatic heterocycles. The normalized spacial score (nSPS) is 12.8. The number of rotatable bonds is 10. The quantitative estimate of drug-likeness (QED) is 0.156. The minimum atomic E-state index is -0.900. The molecule has 1 unspecified atom stereocenters. The number of carbonyl (C=O) groups is 2. The molecule has 10 nitrogen and oxygen atoms in total. The number of nitrogens with zero attached hydrogens (tertiary/aromatic N) is 3. The highest BCUT2D eigenvalue weighted by Gasteiger charge is 2.38. The van der Waals surface area contributed by atoms with Crippen molar-refractivity contribution in [2.24, 2.45) is 0 Å². The van der Waals surface area contributed by atoms with Crippen LogP contribution in [0.5, 0.6) is 11.5 Å². The van der Waals surface area contributed by atoms with Gasteiger partial charge in [-0.3, -0.25) is 24.6 Å². The van der Waals surface area contributed by atoms with Gasteiger partial charge in [0.2, 0.25) is 0 Å². The number of nitriles is 1. The van der Waals surface area contributed by atoms with Gasteiger partial charge in [0.25, 0.3) is 17.5 Å². The summed E-state index contributed by atoms with van der Waals surface area (Å²) in [4.78, 5) is 39.3. The van der Waals surface area contributed by atoms with Crippen LogP contribution in [0.4, 0.5) is 11.4 Å². The summed E-state index contributed by atoms with van der Waals surface area (Å²) in [6.07, 6.45) is 0. The molecule has 41 heavy (non-hydrogen) atoms. The smallest absolute Gasteiger partial charge is 0.275 e. The van der Waals surface area contributed by atoms with E-state index in [9.17, 15) is 19.7 Å². The Kier molecular flexibility index (Phi) is 7.60. The van der Waals surface area contributed by atoms with Crippen LogP contribution in [-0.2, 0) is 6.61 Å². The van der Waals surface area contributed by atoms with Crippen molar-refractivity contribution in [3.05, 3.63) is 129 Å². The Balaban J connectivity index is 1.54. The maximum atomic E-state index is 13.2. The number of amides is 2. The molecular formula is C31H24N4O6. The van der Waals surface area contributed by atoms with Gasteiger partial charge in [0.15, 0.2) is 0 Å². The van der Waals surface area contributed by atoms with Crippen LogP contribution < -0.4 is 14.8 Å². The molecule has 0 aromatic heterocycles. The summed E-state index contributed by atoms with van der Waals surface area (Å²) in [5, 5.41) is 24.7. The maximum Gasteiger partial charge on any atom is 0.275 e. The van der Waals surface area contributed by atoms with Gasteiger partial charge in [-0.2, -0.15) is 5.26 Å². The summed E-state index contributed by atoms with van der Waals surface area (Å²) in [5.41, 5.74) is 1.93. The Morgan fingerprint density at radius 1 is 0.951 bits per heavy atom. The molecule has 5 rings (SSSR count). The largest absolute Gasteiger partial charge is 0.496 e. The van der Waals surface area contributed by atoms with Crippen molar-refractivity contribution in [3.63, 3.8) is 0 Å². The van der Waals surface area contributed by atoms with Crippen molar-refractivity contribution in [1.29, 1.82) is 5.26 Å². The molecule has 0 saturated carbocycles. The Labute approximate surface area is 235 Å². The van der Waals surface area contributed by atoms with Crippen molar-refractivity contribution >= 4 is 23.2 Å². The van der Waals surface area contributed by atoms with Gasteiger partial charge in [-0.15, -0.1) is 0 Å². The fourth-order valence-electron chi connectivity index (χ4n) is 4.70. The highest BCUT2D eigenvalue weighted by Crippen LogP contribution is 2.37. The highest BCUT2D eigenvalue weighted by molar-refractivity contribution is 6.21. The van der Waals surface area contributed by atoms with Crippen molar-refractivity contribution in [3.8, 4) is 17.6 Å². The number of para-hydroxylation sites is 1. The van der Waals surface area contributed by atoms with Crippen LogP contribution in [0.25, 0.3) is 0 Å².